The minimum absolute atomic E-state index is 0.875. The molecule has 0 unspecified atom stereocenters. The summed E-state index contributed by atoms with van der Waals surface area (Å²) in [6, 6.07) is 18.7. The van der Waals surface area contributed by atoms with Crippen LogP contribution in [0.1, 0.15) is 21.8 Å². The molecule has 0 bridgehead atoms. The van der Waals surface area contributed by atoms with Crippen molar-refractivity contribution in [2.24, 2.45) is 0 Å². The predicted molar refractivity (Wildman–Crippen MR) is 96.0 cm³/mol. The maximum absolute atomic E-state index is 4.47. The smallest absolute Gasteiger partial charge is 0.0633 e. The summed E-state index contributed by atoms with van der Waals surface area (Å²) in [5.41, 5.74) is 4.33. The van der Waals surface area contributed by atoms with Gasteiger partial charge in [-0.05, 0) is 54.3 Å². The molecule has 0 saturated heterocycles. The molecule has 3 aromatic rings. The van der Waals surface area contributed by atoms with Gasteiger partial charge in [-0.3, -0.25) is 4.98 Å². The summed E-state index contributed by atoms with van der Waals surface area (Å²) in [6.07, 6.45) is 4.13. The summed E-state index contributed by atoms with van der Waals surface area (Å²) < 4.78 is 0. The lowest BCUT2D eigenvalue weighted by Crippen LogP contribution is -1.96. The van der Waals surface area contributed by atoms with Crippen LogP contribution in [0, 0.1) is 6.92 Å². The van der Waals surface area contributed by atoms with Gasteiger partial charge < -0.3 is 5.32 Å². The number of hydrogen-bond donors (Lipinski definition) is 1. The van der Waals surface area contributed by atoms with Gasteiger partial charge >= 0.3 is 0 Å². The van der Waals surface area contributed by atoms with Crippen LogP contribution in [-0.2, 0) is 6.54 Å². The summed E-state index contributed by atoms with van der Waals surface area (Å²) in [6.45, 7) is 2.88. The van der Waals surface area contributed by atoms with Gasteiger partial charge in [0.2, 0.25) is 0 Å². The average molecular weight is 306 g/mol. The van der Waals surface area contributed by atoms with Crippen LogP contribution < -0.4 is 5.32 Å². The molecule has 0 radical (unpaired) electrons. The molecule has 0 aliphatic carbocycles. The second-order valence-corrected chi connectivity index (χ2v) is 6.12. The van der Waals surface area contributed by atoms with Crippen LogP contribution >= 0.6 is 11.3 Å². The Hall–Kier alpha value is -2.39. The zero-order chi connectivity index (χ0) is 15.2. The van der Waals surface area contributed by atoms with E-state index in [0.717, 1.165) is 23.6 Å². The number of aryl methyl sites for hydroxylation is 1. The number of benzene rings is 1. The molecule has 1 aromatic carbocycles. The van der Waals surface area contributed by atoms with Crippen molar-refractivity contribution < 1.29 is 0 Å². The topological polar surface area (TPSA) is 24.9 Å². The van der Waals surface area contributed by atoms with Gasteiger partial charge in [0.05, 0.1) is 5.69 Å². The Morgan fingerprint density at radius 1 is 1.00 bits per heavy atom. The first-order valence-electron chi connectivity index (χ1n) is 7.28. The molecule has 0 aliphatic rings. The van der Waals surface area contributed by atoms with E-state index in [-0.39, 0.29) is 0 Å². The zero-order valence-electron chi connectivity index (χ0n) is 12.5. The minimum atomic E-state index is 0.875. The average Bonchev–Trinajstić information content (AvgIpc) is 3.05. The summed E-state index contributed by atoms with van der Waals surface area (Å²) in [5.74, 6) is 0. The third-order valence-corrected chi connectivity index (χ3v) is 4.19. The number of rotatable bonds is 5. The fourth-order valence-electron chi connectivity index (χ4n) is 2.15. The maximum atomic E-state index is 4.47. The standard InChI is InChI=1S/C19H18N2S/c1-15-4-2-5-18(21-15)12-9-16-7-10-17(11-8-16)20-14-19-6-3-13-22-19/h2-13,20H,14H2,1H3. The van der Waals surface area contributed by atoms with Crippen molar-refractivity contribution in [1.29, 1.82) is 0 Å². The normalized spacial score (nSPS) is 11.0. The van der Waals surface area contributed by atoms with E-state index in [1.54, 1.807) is 11.3 Å². The Labute approximate surface area is 135 Å². The van der Waals surface area contributed by atoms with E-state index >= 15 is 0 Å². The first-order valence-corrected chi connectivity index (χ1v) is 8.16. The van der Waals surface area contributed by atoms with Crippen LogP contribution in [0.4, 0.5) is 5.69 Å². The van der Waals surface area contributed by atoms with Crippen molar-refractivity contribution in [3.63, 3.8) is 0 Å². The van der Waals surface area contributed by atoms with E-state index in [2.05, 4.69) is 58.2 Å². The van der Waals surface area contributed by atoms with E-state index in [0.29, 0.717) is 0 Å². The highest BCUT2D eigenvalue weighted by Crippen LogP contribution is 2.15. The molecule has 0 atom stereocenters. The lowest BCUT2D eigenvalue weighted by atomic mass is 10.1. The molecular formula is C19H18N2S. The third kappa shape index (κ3) is 4.06. The highest BCUT2D eigenvalue weighted by Gasteiger charge is 1.95. The highest BCUT2D eigenvalue weighted by molar-refractivity contribution is 7.09. The first-order chi connectivity index (χ1) is 10.8. The Balaban J connectivity index is 1.61. The fourth-order valence-corrected chi connectivity index (χ4v) is 2.80. The first kappa shape index (κ1) is 14.5. The van der Waals surface area contributed by atoms with E-state index in [9.17, 15) is 0 Å². The monoisotopic (exact) mass is 306 g/mol. The molecule has 0 amide bonds. The van der Waals surface area contributed by atoms with Gasteiger partial charge in [-0.2, -0.15) is 0 Å². The van der Waals surface area contributed by atoms with Crippen LogP contribution in [-0.4, -0.2) is 4.98 Å². The number of thiophene rings is 1. The van der Waals surface area contributed by atoms with E-state index < -0.39 is 0 Å². The van der Waals surface area contributed by atoms with Gasteiger partial charge in [-0.15, -0.1) is 11.3 Å². The van der Waals surface area contributed by atoms with Gasteiger partial charge in [0.1, 0.15) is 0 Å². The predicted octanol–water partition coefficient (Wildman–Crippen LogP) is 5.23. The Kier molecular flexibility index (Phi) is 4.66. The van der Waals surface area contributed by atoms with Crippen LogP contribution in [0.3, 0.4) is 0 Å². The van der Waals surface area contributed by atoms with Gasteiger partial charge in [-0.25, -0.2) is 0 Å². The Bertz CT molecular complexity index is 743. The van der Waals surface area contributed by atoms with Crippen molar-refractivity contribution in [2.45, 2.75) is 13.5 Å². The van der Waals surface area contributed by atoms with Gasteiger partial charge in [-0.1, -0.05) is 30.3 Å². The van der Waals surface area contributed by atoms with Crippen molar-refractivity contribution in [3.05, 3.63) is 81.8 Å². The fraction of sp³-hybridized carbons (Fsp3) is 0.105. The largest absolute Gasteiger partial charge is 0.380 e. The molecule has 110 valence electrons. The molecule has 0 aliphatic heterocycles. The van der Waals surface area contributed by atoms with E-state index in [1.165, 1.54) is 10.4 Å². The molecule has 22 heavy (non-hydrogen) atoms. The van der Waals surface area contributed by atoms with E-state index in [4.69, 9.17) is 0 Å². The molecule has 2 heterocycles. The highest BCUT2D eigenvalue weighted by atomic mass is 32.1. The number of hydrogen-bond acceptors (Lipinski definition) is 3. The lowest BCUT2D eigenvalue weighted by molar-refractivity contribution is 1.18. The molecule has 0 saturated carbocycles. The molecule has 0 fully saturated rings. The molecular weight excluding hydrogens is 288 g/mol. The number of nitrogens with one attached hydrogen (secondary N) is 1. The van der Waals surface area contributed by atoms with Gasteiger partial charge in [0, 0.05) is 22.8 Å². The zero-order valence-corrected chi connectivity index (χ0v) is 13.3. The summed E-state index contributed by atoms with van der Waals surface area (Å²) in [5, 5.41) is 5.53. The van der Waals surface area contributed by atoms with Gasteiger partial charge in [0.25, 0.3) is 0 Å². The maximum Gasteiger partial charge on any atom is 0.0633 e. The molecule has 2 aromatic heterocycles. The number of aromatic nitrogens is 1. The van der Waals surface area contributed by atoms with Gasteiger partial charge in [0.15, 0.2) is 0 Å². The second-order valence-electron chi connectivity index (χ2n) is 5.09. The molecule has 2 nitrogen and oxygen atoms in total. The summed E-state index contributed by atoms with van der Waals surface area (Å²) >= 11 is 1.77. The number of nitrogens with zero attached hydrogens (tertiary/aromatic N) is 1. The number of anilines is 1. The lowest BCUT2D eigenvalue weighted by Gasteiger charge is -2.05. The summed E-state index contributed by atoms with van der Waals surface area (Å²) in [7, 11) is 0. The van der Waals surface area contributed by atoms with Crippen LogP contribution in [0.25, 0.3) is 12.2 Å². The molecule has 3 heteroatoms. The van der Waals surface area contributed by atoms with Crippen LogP contribution in [0.2, 0.25) is 0 Å². The quantitative estimate of drug-likeness (QED) is 0.698. The third-order valence-electron chi connectivity index (χ3n) is 3.31. The molecule has 3 rings (SSSR count). The summed E-state index contributed by atoms with van der Waals surface area (Å²) in [4.78, 5) is 5.81. The molecule has 1 N–H and O–H groups in total. The minimum Gasteiger partial charge on any atom is -0.380 e. The SMILES string of the molecule is Cc1cccc(C=Cc2ccc(NCc3cccs3)cc2)n1. The van der Waals surface area contributed by atoms with Crippen molar-refractivity contribution in [1.82, 2.24) is 4.98 Å². The Morgan fingerprint density at radius 2 is 1.86 bits per heavy atom. The van der Waals surface area contributed by atoms with Crippen molar-refractivity contribution in [2.75, 3.05) is 5.32 Å². The van der Waals surface area contributed by atoms with Crippen LogP contribution in [0.5, 0.6) is 0 Å². The second kappa shape index (κ2) is 7.05. The molecule has 0 spiro atoms. The van der Waals surface area contributed by atoms with Crippen LogP contribution in [0.15, 0.2) is 60.0 Å². The van der Waals surface area contributed by atoms with E-state index in [1.807, 2.05) is 31.2 Å². The van der Waals surface area contributed by atoms with Crippen molar-refractivity contribution >= 4 is 29.2 Å². The van der Waals surface area contributed by atoms with Crippen molar-refractivity contribution in [3.8, 4) is 0 Å². The number of pyridine rings is 1. The Morgan fingerprint density at radius 3 is 2.59 bits per heavy atom.